The molecule has 0 aliphatic carbocycles. The predicted molar refractivity (Wildman–Crippen MR) is 101 cm³/mol. The Hall–Kier alpha value is -1.18. The first kappa shape index (κ1) is 18.2. The third kappa shape index (κ3) is 5.44. The molecule has 0 fully saturated rings. The van der Waals surface area contributed by atoms with Crippen LogP contribution in [0.4, 0.5) is 11.9 Å². The molecule has 1 aromatic carbocycles. The van der Waals surface area contributed by atoms with Crippen molar-refractivity contribution < 1.29 is 0 Å². The van der Waals surface area contributed by atoms with Crippen molar-refractivity contribution in [3.8, 4) is 0 Å². The highest BCUT2D eigenvalue weighted by molar-refractivity contribution is 8.76. The summed E-state index contributed by atoms with van der Waals surface area (Å²) in [4.78, 5) is 16.7. The molecule has 0 amide bonds. The lowest BCUT2D eigenvalue weighted by Gasteiger charge is -2.19. The number of aromatic nitrogens is 3. The molecule has 23 heavy (non-hydrogen) atoms. The molecule has 5 nitrogen and oxygen atoms in total. The van der Waals surface area contributed by atoms with Gasteiger partial charge in [0.2, 0.25) is 17.1 Å². The van der Waals surface area contributed by atoms with Gasteiger partial charge < -0.3 is 10.2 Å². The molecule has 0 saturated carbocycles. The van der Waals surface area contributed by atoms with Gasteiger partial charge in [0.05, 0.1) is 0 Å². The van der Waals surface area contributed by atoms with Crippen molar-refractivity contribution in [2.45, 2.75) is 30.8 Å². The van der Waals surface area contributed by atoms with Crippen molar-refractivity contribution in [1.29, 1.82) is 0 Å². The summed E-state index contributed by atoms with van der Waals surface area (Å²) < 4.78 is 0. The van der Waals surface area contributed by atoms with Crippen LogP contribution in [-0.2, 0) is 0 Å². The summed E-state index contributed by atoms with van der Waals surface area (Å²) in [6, 6.07) is 7.72. The van der Waals surface area contributed by atoms with Crippen molar-refractivity contribution in [2.75, 3.05) is 29.9 Å². The normalized spacial score (nSPS) is 10.6. The van der Waals surface area contributed by atoms with Gasteiger partial charge in [0.1, 0.15) is 0 Å². The quantitative estimate of drug-likeness (QED) is 0.682. The maximum atomic E-state index is 5.91. The number of hydrogen-bond donors (Lipinski definition) is 1. The molecule has 0 bridgehead atoms. The summed E-state index contributed by atoms with van der Waals surface area (Å²) in [5.41, 5.74) is 0. The fraction of sp³-hybridized carbons (Fsp3) is 0.400. The van der Waals surface area contributed by atoms with Gasteiger partial charge >= 0.3 is 0 Å². The van der Waals surface area contributed by atoms with E-state index < -0.39 is 0 Å². The molecule has 1 aromatic heterocycles. The van der Waals surface area contributed by atoms with Crippen molar-refractivity contribution in [1.82, 2.24) is 15.0 Å². The van der Waals surface area contributed by atoms with Gasteiger partial charge in [-0.1, -0.05) is 11.6 Å². The van der Waals surface area contributed by atoms with Crippen molar-refractivity contribution >= 4 is 45.1 Å². The van der Waals surface area contributed by atoms with E-state index in [0.717, 1.165) is 29.6 Å². The fourth-order valence-electron chi connectivity index (χ4n) is 1.84. The van der Waals surface area contributed by atoms with Gasteiger partial charge in [0, 0.05) is 29.6 Å². The highest BCUT2D eigenvalue weighted by atomic mass is 35.5. The molecule has 0 saturated heterocycles. The summed E-state index contributed by atoms with van der Waals surface area (Å²) in [5.74, 6) is 1.32. The number of anilines is 2. The minimum atomic E-state index is 0.614. The molecule has 124 valence electrons. The van der Waals surface area contributed by atoms with Crippen molar-refractivity contribution in [3.05, 3.63) is 29.3 Å². The van der Waals surface area contributed by atoms with Crippen LogP contribution in [0.25, 0.3) is 0 Å². The van der Waals surface area contributed by atoms with Crippen LogP contribution in [0.15, 0.2) is 34.3 Å². The van der Waals surface area contributed by atoms with Crippen LogP contribution in [0.5, 0.6) is 0 Å². The number of benzene rings is 1. The Balaban J connectivity index is 2.17. The predicted octanol–water partition coefficient (Wildman–Crippen LogP) is 4.60. The van der Waals surface area contributed by atoms with Gasteiger partial charge in [-0.2, -0.15) is 15.0 Å². The zero-order chi connectivity index (χ0) is 16.7. The summed E-state index contributed by atoms with van der Waals surface area (Å²) in [7, 11) is 3.12. The lowest BCUT2D eigenvalue weighted by atomic mass is 10.4. The molecule has 8 heteroatoms. The third-order valence-electron chi connectivity index (χ3n) is 3.01. The number of halogens is 1. The van der Waals surface area contributed by atoms with E-state index in [1.165, 1.54) is 10.8 Å². The summed E-state index contributed by atoms with van der Waals surface area (Å²) in [5, 5.41) is 4.59. The van der Waals surface area contributed by atoms with Gasteiger partial charge in [-0.25, -0.2) is 0 Å². The summed E-state index contributed by atoms with van der Waals surface area (Å²) in [6.45, 7) is 8.71. The highest BCUT2D eigenvalue weighted by Gasteiger charge is 2.12. The largest absolute Gasteiger partial charge is 0.354 e. The Labute approximate surface area is 150 Å². The second-order valence-electron chi connectivity index (χ2n) is 4.56. The number of rotatable bonds is 8. The number of hydrogen-bond acceptors (Lipinski definition) is 7. The first-order chi connectivity index (χ1) is 11.2. The first-order valence-corrected chi connectivity index (χ1v) is 10.0. The van der Waals surface area contributed by atoms with Crippen molar-refractivity contribution in [2.24, 2.45) is 0 Å². The molecule has 0 aliphatic heterocycles. The fourth-order valence-corrected chi connectivity index (χ4v) is 3.70. The number of nitrogens with zero attached hydrogens (tertiary/aromatic N) is 4. The molecular weight excluding hydrogens is 350 g/mol. The van der Waals surface area contributed by atoms with Crippen LogP contribution in [-0.4, -0.2) is 34.6 Å². The molecule has 0 radical (unpaired) electrons. The molecule has 0 spiro atoms. The van der Waals surface area contributed by atoms with Crippen LogP contribution in [0.3, 0.4) is 0 Å². The molecule has 0 atom stereocenters. The standard InChI is InChI=1S/C15H20ClN5S2/c1-4-17-13-18-14(21(5-2)6-3)20-15(19-13)23-22-12-9-7-11(16)8-10-12/h7-10H,4-6H2,1-3H3,(H,17,18,19,20). The molecule has 2 rings (SSSR count). The average molecular weight is 370 g/mol. The van der Waals surface area contributed by atoms with E-state index in [1.54, 1.807) is 10.8 Å². The minimum Gasteiger partial charge on any atom is -0.354 e. The van der Waals surface area contributed by atoms with Gasteiger partial charge in [-0.3, -0.25) is 0 Å². The van der Waals surface area contributed by atoms with Gasteiger partial charge in [-0.15, -0.1) is 0 Å². The molecule has 0 unspecified atom stereocenters. The van der Waals surface area contributed by atoms with E-state index >= 15 is 0 Å². The molecular formula is C15H20ClN5S2. The maximum Gasteiger partial charge on any atom is 0.231 e. The Morgan fingerprint density at radius 2 is 1.70 bits per heavy atom. The molecule has 0 aliphatic rings. The molecule has 2 aromatic rings. The minimum absolute atomic E-state index is 0.614. The monoisotopic (exact) mass is 369 g/mol. The molecule has 1 heterocycles. The van der Waals surface area contributed by atoms with E-state index in [4.69, 9.17) is 11.6 Å². The van der Waals surface area contributed by atoms with Crippen molar-refractivity contribution in [3.63, 3.8) is 0 Å². The average Bonchev–Trinajstić information content (AvgIpc) is 2.56. The topological polar surface area (TPSA) is 53.9 Å². The van der Waals surface area contributed by atoms with E-state index in [9.17, 15) is 0 Å². The lowest BCUT2D eigenvalue weighted by molar-refractivity contribution is 0.784. The van der Waals surface area contributed by atoms with Crippen LogP contribution in [0.2, 0.25) is 5.02 Å². The Morgan fingerprint density at radius 1 is 1.00 bits per heavy atom. The maximum absolute atomic E-state index is 5.91. The zero-order valence-electron chi connectivity index (χ0n) is 13.4. The van der Waals surface area contributed by atoms with E-state index in [0.29, 0.717) is 17.1 Å². The van der Waals surface area contributed by atoms with Gasteiger partial charge in [0.15, 0.2) is 0 Å². The Bertz CT molecular complexity index is 620. The van der Waals surface area contributed by atoms with E-state index in [1.807, 2.05) is 31.2 Å². The number of nitrogens with one attached hydrogen (secondary N) is 1. The van der Waals surface area contributed by atoms with Crippen LogP contribution >= 0.6 is 33.2 Å². The van der Waals surface area contributed by atoms with Crippen LogP contribution in [0.1, 0.15) is 20.8 Å². The zero-order valence-corrected chi connectivity index (χ0v) is 15.8. The third-order valence-corrected chi connectivity index (χ3v) is 5.42. The second-order valence-corrected chi connectivity index (χ2v) is 7.17. The van der Waals surface area contributed by atoms with E-state index in [2.05, 4.69) is 39.0 Å². The lowest BCUT2D eigenvalue weighted by Crippen LogP contribution is -2.25. The smallest absolute Gasteiger partial charge is 0.231 e. The highest BCUT2D eigenvalue weighted by Crippen LogP contribution is 2.36. The van der Waals surface area contributed by atoms with Crippen LogP contribution in [0, 0.1) is 0 Å². The molecule has 1 N–H and O–H groups in total. The van der Waals surface area contributed by atoms with Gasteiger partial charge in [0.25, 0.3) is 0 Å². The van der Waals surface area contributed by atoms with E-state index in [-0.39, 0.29) is 0 Å². The second kappa shape index (κ2) is 9.20. The Kier molecular flexibility index (Phi) is 7.26. The summed E-state index contributed by atoms with van der Waals surface area (Å²) >= 11 is 5.91. The SMILES string of the molecule is CCNc1nc(SSc2ccc(Cl)cc2)nc(N(CC)CC)n1. The van der Waals surface area contributed by atoms with Gasteiger partial charge in [-0.05, 0) is 66.6 Å². The first-order valence-electron chi connectivity index (χ1n) is 7.51. The van der Waals surface area contributed by atoms with Crippen LogP contribution < -0.4 is 10.2 Å². The Morgan fingerprint density at radius 3 is 2.30 bits per heavy atom. The summed E-state index contributed by atoms with van der Waals surface area (Å²) in [6.07, 6.45) is 0.